The van der Waals surface area contributed by atoms with Gasteiger partial charge in [-0.05, 0) is 43.7 Å². The molecular formula is C19H17N5O2. The summed E-state index contributed by atoms with van der Waals surface area (Å²) in [6.07, 6.45) is 1.55. The average molecular weight is 347 g/mol. The van der Waals surface area contributed by atoms with Crippen molar-refractivity contribution < 1.29 is 9.53 Å². The summed E-state index contributed by atoms with van der Waals surface area (Å²) >= 11 is 0. The van der Waals surface area contributed by atoms with Crippen LogP contribution in [0.1, 0.15) is 28.4 Å². The Kier molecular flexibility index (Phi) is 4.67. The first-order chi connectivity index (χ1) is 12.5. The van der Waals surface area contributed by atoms with Crippen LogP contribution in [0.4, 0.5) is 5.95 Å². The highest BCUT2D eigenvalue weighted by molar-refractivity contribution is 5.98. The van der Waals surface area contributed by atoms with Crippen LogP contribution < -0.4 is 5.73 Å². The van der Waals surface area contributed by atoms with E-state index < -0.39 is 5.97 Å². The van der Waals surface area contributed by atoms with Gasteiger partial charge in [-0.2, -0.15) is 5.26 Å². The van der Waals surface area contributed by atoms with E-state index in [-0.39, 0.29) is 12.6 Å². The lowest BCUT2D eigenvalue weighted by atomic mass is 10.0. The third-order valence-corrected chi connectivity index (χ3v) is 3.90. The van der Waals surface area contributed by atoms with Crippen molar-refractivity contribution in [1.29, 1.82) is 5.26 Å². The first kappa shape index (κ1) is 17.2. The fourth-order valence-corrected chi connectivity index (χ4v) is 2.66. The molecule has 0 aliphatic carbocycles. The number of nitrogen functional groups attached to an aromatic ring is 1. The lowest BCUT2D eigenvalue weighted by Crippen LogP contribution is -2.05. The fourth-order valence-electron chi connectivity index (χ4n) is 2.66. The second kappa shape index (κ2) is 7.07. The second-order valence-electron chi connectivity index (χ2n) is 5.63. The highest BCUT2D eigenvalue weighted by atomic mass is 16.5. The Morgan fingerprint density at radius 1 is 1.35 bits per heavy atom. The van der Waals surface area contributed by atoms with Gasteiger partial charge in [-0.25, -0.2) is 14.8 Å². The molecule has 130 valence electrons. The second-order valence-corrected chi connectivity index (χ2v) is 5.63. The van der Waals surface area contributed by atoms with Crippen molar-refractivity contribution in [3.63, 3.8) is 0 Å². The zero-order chi connectivity index (χ0) is 18.7. The normalized spacial score (nSPS) is 10.3. The minimum absolute atomic E-state index is 0.138. The van der Waals surface area contributed by atoms with Crippen LogP contribution in [0.3, 0.4) is 0 Å². The van der Waals surface area contributed by atoms with Gasteiger partial charge in [-0.15, -0.1) is 0 Å². The molecule has 7 nitrogen and oxygen atoms in total. The number of nitrogens with two attached hydrogens (primary N) is 1. The van der Waals surface area contributed by atoms with Crippen molar-refractivity contribution in [2.75, 3.05) is 12.3 Å². The molecule has 2 aromatic heterocycles. The van der Waals surface area contributed by atoms with Gasteiger partial charge in [0.2, 0.25) is 5.95 Å². The van der Waals surface area contributed by atoms with Crippen molar-refractivity contribution in [3.05, 3.63) is 53.2 Å². The summed E-state index contributed by atoms with van der Waals surface area (Å²) in [6, 6.07) is 10.8. The summed E-state index contributed by atoms with van der Waals surface area (Å²) in [6.45, 7) is 3.92. The number of carbonyl (C=O) groups excluding carboxylic acids is 1. The number of aromatic nitrogens is 3. The lowest BCUT2D eigenvalue weighted by Gasteiger charge is -2.08. The number of aromatic amines is 1. The van der Waals surface area contributed by atoms with Gasteiger partial charge < -0.3 is 15.5 Å². The molecule has 0 amide bonds. The van der Waals surface area contributed by atoms with Crippen LogP contribution in [0.2, 0.25) is 0 Å². The number of nitrogens with one attached hydrogen (secondary N) is 1. The zero-order valence-electron chi connectivity index (χ0n) is 14.4. The molecule has 1 aromatic carbocycles. The van der Waals surface area contributed by atoms with E-state index in [1.807, 2.05) is 13.0 Å². The smallest absolute Gasteiger partial charge is 0.340 e. The molecule has 0 spiro atoms. The highest BCUT2D eigenvalue weighted by Gasteiger charge is 2.20. The minimum atomic E-state index is -0.450. The summed E-state index contributed by atoms with van der Waals surface area (Å²) in [7, 11) is 0. The Hall–Kier alpha value is -3.66. The molecule has 0 aliphatic rings. The summed E-state index contributed by atoms with van der Waals surface area (Å²) in [4.78, 5) is 23.7. The molecule has 0 atom stereocenters. The van der Waals surface area contributed by atoms with E-state index in [1.54, 1.807) is 37.4 Å². The van der Waals surface area contributed by atoms with Crippen LogP contribution in [0, 0.1) is 18.3 Å². The maximum Gasteiger partial charge on any atom is 0.340 e. The molecule has 3 aromatic rings. The van der Waals surface area contributed by atoms with Gasteiger partial charge in [0.25, 0.3) is 0 Å². The number of aryl methyl sites for hydroxylation is 1. The van der Waals surface area contributed by atoms with Crippen LogP contribution in [-0.4, -0.2) is 27.5 Å². The number of ether oxygens (including phenoxy) is 1. The number of hydrogen-bond acceptors (Lipinski definition) is 6. The Bertz CT molecular complexity index is 1020. The van der Waals surface area contributed by atoms with Gasteiger partial charge >= 0.3 is 5.97 Å². The quantitative estimate of drug-likeness (QED) is 0.700. The molecule has 0 unspecified atom stereocenters. The molecule has 2 heterocycles. The van der Waals surface area contributed by atoms with E-state index in [2.05, 4.69) is 21.0 Å². The summed E-state index contributed by atoms with van der Waals surface area (Å²) in [5, 5.41) is 9.19. The number of anilines is 1. The van der Waals surface area contributed by atoms with Gasteiger partial charge in [-0.3, -0.25) is 0 Å². The number of carbonyl (C=O) groups is 1. The number of hydrogen-bond donors (Lipinski definition) is 2. The van der Waals surface area contributed by atoms with Gasteiger partial charge in [0.15, 0.2) is 0 Å². The van der Waals surface area contributed by atoms with Gasteiger partial charge in [0, 0.05) is 11.8 Å². The van der Waals surface area contributed by atoms with Crippen molar-refractivity contribution in [1.82, 2.24) is 15.0 Å². The van der Waals surface area contributed by atoms with E-state index in [0.29, 0.717) is 28.2 Å². The Labute approximate surface area is 150 Å². The average Bonchev–Trinajstić information content (AvgIpc) is 3.08. The Morgan fingerprint density at radius 3 is 2.85 bits per heavy atom. The van der Waals surface area contributed by atoms with Crippen molar-refractivity contribution in [2.24, 2.45) is 0 Å². The van der Waals surface area contributed by atoms with Crippen LogP contribution in [0.5, 0.6) is 0 Å². The first-order valence-electron chi connectivity index (χ1n) is 8.03. The Balaban J connectivity index is 2.20. The molecule has 0 bridgehead atoms. The van der Waals surface area contributed by atoms with E-state index in [0.717, 1.165) is 11.1 Å². The molecule has 0 aliphatic heterocycles. The van der Waals surface area contributed by atoms with Crippen molar-refractivity contribution >= 4 is 11.9 Å². The highest BCUT2D eigenvalue weighted by Crippen LogP contribution is 2.31. The van der Waals surface area contributed by atoms with Gasteiger partial charge in [0.05, 0.1) is 40.9 Å². The van der Waals surface area contributed by atoms with Crippen molar-refractivity contribution in [3.8, 4) is 28.7 Å². The standard InChI is InChI=1S/C19H17N5O2/c1-3-26-18(25)14-9-16(15-6-7-22-19(21)24-15)23-17(14)13-8-12(10-20)5-4-11(13)2/h4-9,23H,3H2,1-2H3,(H2,21,22,24). The van der Waals surface area contributed by atoms with Crippen LogP contribution >= 0.6 is 0 Å². The molecule has 0 saturated heterocycles. The van der Waals surface area contributed by atoms with E-state index in [9.17, 15) is 10.1 Å². The summed E-state index contributed by atoms with van der Waals surface area (Å²) < 4.78 is 5.18. The number of esters is 1. The number of nitriles is 1. The van der Waals surface area contributed by atoms with Crippen LogP contribution in [0.15, 0.2) is 36.5 Å². The number of nitrogens with zero attached hydrogens (tertiary/aromatic N) is 3. The number of H-pyrrole nitrogens is 1. The lowest BCUT2D eigenvalue weighted by molar-refractivity contribution is 0.0527. The number of rotatable bonds is 4. The molecule has 3 rings (SSSR count). The van der Waals surface area contributed by atoms with Crippen molar-refractivity contribution in [2.45, 2.75) is 13.8 Å². The molecule has 0 saturated carbocycles. The predicted octanol–water partition coefficient (Wildman–Crippen LogP) is 3.08. The molecule has 0 fully saturated rings. The third-order valence-electron chi connectivity index (χ3n) is 3.90. The topological polar surface area (TPSA) is 118 Å². The van der Waals surface area contributed by atoms with Crippen LogP contribution in [-0.2, 0) is 4.74 Å². The van der Waals surface area contributed by atoms with Gasteiger partial charge in [0.1, 0.15) is 0 Å². The SMILES string of the molecule is CCOC(=O)c1cc(-c2ccnc(N)n2)[nH]c1-c1cc(C#N)ccc1C. The summed E-state index contributed by atoms with van der Waals surface area (Å²) in [5.41, 5.74) is 9.95. The maximum absolute atomic E-state index is 12.5. The maximum atomic E-state index is 12.5. The molecule has 7 heteroatoms. The predicted molar refractivity (Wildman–Crippen MR) is 97.1 cm³/mol. The molecule has 26 heavy (non-hydrogen) atoms. The molecular weight excluding hydrogens is 330 g/mol. The first-order valence-corrected chi connectivity index (χ1v) is 8.03. The molecule has 3 N–H and O–H groups in total. The minimum Gasteiger partial charge on any atom is -0.462 e. The van der Waals surface area contributed by atoms with E-state index >= 15 is 0 Å². The monoisotopic (exact) mass is 347 g/mol. The fraction of sp³-hybridized carbons (Fsp3) is 0.158. The summed E-state index contributed by atoms with van der Waals surface area (Å²) in [5.74, 6) is -0.312. The Morgan fingerprint density at radius 2 is 2.15 bits per heavy atom. The van der Waals surface area contributed by atoms with E-state index in [4.69, 9.17) is 10.5 Å². The van der Waals surface area contributed by atoms with Crippen LogP contribution in [0.25, 0.3) is 22.6 Å². The largest absolute Gasteiger partial charge is 0.462 e. The zero-order valence-corrected chi connectivity index (χ0v) is 14.4. The third kappa shape index (κ3) is 3.26. The van der Waals surface area contributed by atoms with E-state index in [1.165, 1.54) is 0 Å². The van der Waals surface area contributed by atoms with Gasteiger partial charge in [-0.1, -0.05) is 6.07 Å². The number of benzene rings is 1. The molecule has 0 radical (unpaired) electrons.